The van der Waals surface area contributed by atoms with E-state index in [1.165, 1.54) is 0 Å². The van der Waals surface area contributed by atoms with Crippen LogP contribution in [0.3, 0.4) is 0 Å². The average molecular weight is 534 g/mol. The maximum atomic E-state index is 15.0. The van der Waals surface area contributed by atoms with Gasteiger partial charge in [0.05, 0.1) is 18.9 Å². The van der Waals surface area contributed by atoms with Gasteiger partial charge in [-0.05, 0) is 58.8 Å². The maximum Gasteiger partial charge on any atom is 0.217 e. The third-order valence-electron chi connectivity index (χ3n) is 7.18. The van der Waals surface area contributed by atoms with Gasteiger partial charge in [-0.3, -0.25) is 0 Å². The van der Waals surface area contributed by atoms with Crippen molar-refractivity contribution in [2.24, 2.45) is 0 Å². The molecule has 1 N–H and O–H groups in total. The highest BCUT2D eigenvalue weighted by atomic mass is 79.9. The average Bonchev–Trinajstić information content (AvgIpc) is 3.10. The van der Waals surface area contributed by atoms with Crippen LogP contribution in [0.1, 0.15) is 64.1 Å². The second-order valence-electron chi connectivity index (χ2n) is 10.0. The summed E-state index contributed by atoms with van der Waals surface area (Å²) < 4.78 is 51.9. The van der Waals surface area contributed by atoms with Gasteiger partial charge in [-0.1, -0.05) is 33.9 Å². The van der Waals surface area contributed by atoms with E-state index < -0.39 is 41.4 Å². The van der Waals surface area contributed by atoms with E-state index in [1.54, 1.807) is 4.68 Å². The van der Waals surface area contributed by atoms with Crippen molar-refractivity contribution in [3.05, 3.63) is 45.7 Å². The Kier molecular flexibility index (Phi) is 7.29. The number of benzene rings is 1. The van der Waals surface area contributed by atoms with E-state index in [2.05, 4.69) is 26.0 Å². The van der Waals surface area contributed by atoms with Crippen molar-refractivity contribution in [2.75, 3.05) is 6.61 Å². The predicted molar refractivity (Wildman–Crippen MR) is 122 cm³/mol. The number of aliphatic hydroxyl groups is 1. The van der Waals surface area contributed by atoms with E-state index in [1.807, 2.05) is 33.9 Å². The molecule has 2 aromatic rings. The van der Waals surface area contributed by atoms with Gasteiger partial charge in [0.15, 0.2) is 17.9 Å². The minimum atomic E-state index is -2.88. The number of rotatable bonds is 6. The molecule has 1 aliphatic heterocycles. The Morgan fingerprint density at radius 1 is 1.19 bits per heavy atom. The first kappa shape index (κ1) is 25.4. The van der Waals surface area contributed by atoms with Crippen molar-refractivity contribution in [3.63, 3.8) is 0 Å². The summed E-state index contributed by atoms with van der Waals surface area (Å²) in [5.41, 5.74) is -0.594. The summed E-state index contributed by atoms with van der Waals surface area (Å²) in [6.07, 6.45) is 2.64. The fourth-order valence-electron chi connectivity index (χ4n) is 4.21. The normalized spacial score (nSPS) is 19.8. The van der Waals surface area contributed by atoms with Crippen LogP contribution < -0.4 is 0 Å². The molecule has 2 unspecified atom stereocenters. The van der Waals surface area contributed by atoms with E-state index in [9.17, 15) is 18.3 Å². The Bertz CT molecular complexity index is 974. The molecule has 0 bridgehead atoms. The molecule has 0 amide bonds. The van der Waals surface area contributed by atoms with E-state index in [4.69, 9.17) is 4.74 Å². The summed E-state index contributed by atoms with van der Waals surface area (Å²) in [7, 11) is -2.88. The van der Waals surface area contributed by atoms with Gasteiger partial charge in [0, 0.05) is 13.0 Å². The molecule has 0 radical (unpaired) electrons. The molecule has 178 valence electrons. The van der Waals surface area contributed by atoms with E-state index in [-0.39, 0.29) is 19.1 Å². The summed E-state index contributed by atoms with van der Waals surface area (Å²) in [4.78, 5) is 4.42. The zero-order valence-electron chi connectivity index (χ0n) is 19.2. The largest absolute Gasteiger partial charge is 0.389 e. The Hall–Kier alpha value is -1.23. The molecule has 1 aliphatic rings. The van der Waals surface area contributed by atoms with Crippen LogP contribution >= 0.6 is 15.9 Å². The summed E-state index contributed by atoms with van der Waals surface area (Å²) in [5.74, 6) is -2.93. The molecule has 3 rings (SSSR count). The van der Waals surface area contributed by atoms with Crippen molar-refractivity contribution in [3.8, 4) is 0 Å². The first-order valence-corrected chi connectivity index (χ1v) is 14.7. The highest BCUT2D eigenvalue weighted by molar-refractivity contribution is 9.10. The summed E-state index contributed by atoms with van der Waals surface area (Å²) >= 11 is 3.30. The molecule has 1 fully saturated rings. The van der Waals surface area contributed by atoms with Gasteiger partial charge in [-0.15, -0.1) is 5.10 Å². The van der Waals surface area contributed by atoms with Crippen molar-refractivity contribution < 1.29 is 23.0 Å². The highest BCUT2D eigenvalue weighted by Gasteiger charge is 2.55. The third kappa shape index (κ3) is 4.56. The lowest BCUT2D eigenvalue weighted by molar-refractivity contribution is -0.0419. The van der Waals surface area contributed by atoms with Crippen molar-refractivity contribution in [1.82, 2.24) is 14.8 Å². The van der Waals surface area contributed by atoms with Crippen LogP contribution in [0.25, 0.3) is 0 Å². The summed E-state index contributed by atoms with van der Waals surface area (Å²) in [5, 5.41) is 14.1. The molecule has 1 saturated heterocycles. The van der Waals surface area contributed by atoms with Gasteiger partial charge in [0.2, 0.25) is 4.73 Å². The molecule has 2 atom stereocenters. The summed E-state index contributed by atoms with van der Waals surface area (Å²) in [6, 6.07) is 1.62. The molecular formula is C22H31BrF3N3O2Si. The van der Waals surface area contributed by atoms with Crippen molar-refractivity contribution >= 4 is 24.0 Å². The zero-order chi connectivity index (χ0) is 23.9. The standard InChI is InChI=1S/C22H31BrF3N3O2Si/c1-21(2,3)32(4,5)22(30,18-14(24)9-10-15(25)19(18)26)12-11-16-27-20(23)28-29(16)17-8-6-7-13-31-17/h9-10,17,30H,6-8,11-13H2,1-5H3. The van der Waals surface area contributed by atoms with E-state index in [0.29, 0.717) is 17.2 Å². The molecule has 0 aliphatic carbocycles. The minimum Gasteiger partial charge on any atom is -0.389 e. The van der Waals surface area contributed by atoms with Crippen LogP contribution in [-0.4, -0.2) is 34.6 Å². The lowest BCUT2D eigenvalue weighted by atomic mass is 10.0. The van der Waals surface area contributed by atoms with Gasteiger partial charge < -0.3 is 9.84 Å². The number of nitrogens with zero attached hydrogens (tertiary/aromatic N) is 3. The first-order chi connectivity index (χ1) is 14.8. The molecule has 10 heteroatoms. The molecule has 0 saturated carbocycles. The van der Waals surface area contributed by atoms with Crippen molar-refractivity contribution in [1.29, 1.82) is 0 Å². The lowest BCUT2D eigenvalue weighted by Gasteiger charge is -2.49. The number of halogens is 4. The van der Waals surface area contributed by atoms with Gasteiger partial charge in [-0.2, -0.15) is 0 Å². The molecule has 1 aromatic heterocycles. The van der Waals surface area contributed by atoms with Crippen LogP contribution in [0.15, 0.2) is 16.9 Å². The number of aromatic nitrogens is 3. The zero-order valence-corrected chi connectivity index (χ0v) is 21.8. The maximum absolute atomic E-state index is 15.0. The fourth-order valence-corrected chi connectivity index (χ4v) is 7.43. The topological polar surface area (TPSA) is 60.2 Å². The van der Waals surface area contributed by atoms with Gasteiger partial charge in [0.25, 0.3) is 0 Å². The van der Waals surface area contributed by atoms with Crippen molar-refractivity contribution in [2.45, 2.75) is 82.5 Å². The summed E-state index contributed by atoms with van der Waals surface area (Å²) in [6.45, 7) is 10.2. The third-order valence-corrected chi connectivity index (χ3v) is 13.8. The highest BCUT2D eigenvalue weighted by Crippen LogP contribution is 2.50. The van der Waals surface area contributed by atoms with Crippen LogP contribution in [0, 0.1) is 17.5 Å². The first-order valence-electron chi connectivity index (χ1n) is 10.9. The van der Waals surface area contributed by atoms with Crippen LogP contribution in [-0.2, 0) is 16.4 Å². The van der Waals surface area contributed by atoms with Crippen LogP contribution in [0.2, 0.25) is 18.1 Å². The second kappa shape index (κ2) is 9.19. The molecule has 1 aromatic carbocycles. The predicted octanol–water partition coefficient (Wildman–Crippen LogP) is 6.03. The minimum absolute atomic E-state index is 0.0291. The monoisotopic (exact) mass is 533 g/mol. The smallest absolute Gasteiger partial charge is 0.217 e. The van der Waals surface area contributed by atoms with E-state index in [0.717, 1.165) is 31.4 Å². The molecular weight excluding hydrogens is 503 g/mol. The number of hydrogen-bond donors (Lipinski definition) is 1. The number of hydrogen-bond acceptors (Lipinski definition) is 4. The Morgan fingerprint density at radius 2 is 1.84 bits per heavy atom. The molecule has 0 spiro atoms. The lowest BCUT2D eigenvalue weighted by Crippen LogP contribution is -2.58. The molecule has 5 nitrogen and oxygen atoms in total. The fraction of sp³-hybridized carbons (Fsp3) is 0.636. The number of ether oxygens (including phenoxy) is 1. The number of aryl methyl sites for hydroxylation is 1. The SMILES string of the molecule is CC(C)(C)[Si](C)(C)C(O)(CCc1nc(Br)nn1C1CCCCO1)c1c(F)ccc(F)c1F. The second-order valence-corrected chi connectivity index (χ2v) is 16.3. The van der Waals surface area contributed by atoms with Gasteiger partial charge in [-0.25, -0.2) is 22.8 Å². The molecule has 32 heavy (non-hydrogen) atoms. The molecule has 2 heterocycles. The van der Waals surface area contributed by atoms with Crippen LogP contribution in [0.4, 0.5) is 13.2 Å². The Labute approximate surface area is 196 Å². The van der Waals surface area contributed by atoms with Gasteiger partial charge >= 0.3 is 0 Å². The Balaban J connectivity index is 2.05. The van der Waals surface area contributed by atoms with Crippen LogP contribution in [0.5, 0.6) is 0 Å². The Morgan fingerprint density at radius 3 is 2.44 bits per heavy atom. The van der Waals surface area contributed by atoms with E-state index >= 15 is 0 Å². The quantitative estimate of drug-likeness (QED) is 0.364. The van der Waals surface area contributed by atoms with Gasteiger partial charge in [0.1, 0.15) is 11.6 Å².